The summed E-state index contributed by atoms with van der Waals surface area (Å²) in [6, 6.07) is 1.34. The standard InChI is InChI=1S/C10H20N2O/c1-2-12-5-3-9(7-12)11-10-4-6-13-8-10/h9-11H,2-8H2,1H3. The number of hydrogen-bond donors (Lipinski definition) is 1. The normalized spacial score (nSPS) is 35.8. The number of likely N-dealkylation sites (N-methyl/N-ethyl adjacent to an activating group) is 1. The summed E-state index contributed by atoms with van der Waals surface area (Å²) in [6.07, 6.45) is 2.51. The topological polar surface area (TPSA) is 24.5 Å². The molecule has 2 aliphatic heterocycles. The van der Waals surface area contributed by atoms with Gasteiger partial charge in [0.2, 0.25) is 0 Å². The van der Waals surface area contributed by atoms with Gasteiger partial charge in [-0.2, -0.15) is 0 Å². The van der Waals surface area contributed by atoms with Gasteiger partial charge in [-0.25, -0.2) is 0 Å². The average molecular weight is 184 g/mol. The Bertz CT molecular complexity index is 157. The zero-order valence-corrected chi connectivity index (χ0v) is 8.46. The van der Waals surface area contributed by atoms with Crippen molar-refractivity contribution in [1.82, 2.24) is 10.2 Å². The molecule has 0 radical (unpaired) electrons. The van der Waals surface area contributed by atoms with Gasteiger partial charge in [-0.15, -0.1) is 0 Å². The van der Waals surface area contributed by atoms with Crippen LogP contribution in [0.1, 0.15) is 19.8 Å². The molecule has 2 atom stereocenters. The summed E-state index contributed by atoms with van der Waals surface area (Å²) in [6.45, 7) is 7.79. The highest BCUT2D eigenvalue weighted by atomic mass is 16.5. The van der Waals surface area contributed by atoms with Crippen LogP contribution in [-0.4, -0.2) is 49.8 Å². The van der Waals surface area contributed by atoms with Crippen molar-refractivity contribution in [2.75, 3.05) is 32.8 Å². The molecule has 2 aliphatic rings. The zero-order chi connectivity index (χ0) is 9.10. The van der Waals surface area contributed by atoms with Gasteiger partial charge in [0.1, 0.15) is 0 Å². The highest BCUT2D eigenvalue weighted by Crippen LogP contribution is 2.12. The van der Waals surface area contributed by atoms with Crippen LogP contribution >= 0.6 is 0 Å². The monoisotopic (exact) mass is 184 g/mol. The largest absolute Gasteiger partial charge is 0.380 e. The van der Waals surface area contributed by atoms with E-state index >= 15 is 0 Å². The minimum absolute atomic E-state index is 0.627. The Morgan fingerprint density at radius 2 is 2.31 bits per heavy atom. The molecule has 3 heteroatoms. The van der Waals surface area contributed by atoms with Crippen molar-refractivity contribution in [3.8, 4) is 0 Å². The lowest BCUT2D eigenvalue weighted by atomic mass is 10.2. The van der Waals surface area contributed by atoms with E-state index in [0.717, 1.165) is 13.2 Å². The molecule has 2 fully saturated rings. The minimum Gasteiger partial charge on any atom is -0.380 e. The van der Waals surface area contributed by atoms with Crippen molar-refractivity contribution in [2.45, 2.75) is 31.8 Å². The average Bonchev–Trinajstić information content (AvgIpc) is 2.76. The van der Waals surface area contributed by atoms with Crippen LogP contribution in [0.5, 0.6) is 0 Å². The van der Waals surface area contributed by atoms with Crippen LogP contribution in [0.2, 0.25) is 0 Å². The quantitative estimate of drug-likeness (QED) is 0.689. The van der Waals surface area contributed by atoms with Gasteiger partial charge in [0.05, 0.1) is 6.61 Å². The molecular formula is C10H20N2O. The molecule has 2 heterocycles. The molecule has 76 valence electrons. The SMILES string of the molecule is CCN1CCC(NC2CCOC2)C1. The van der Waals surface area contributed by atoms with E-state index in [-0.39, 0.29) is 0 Å². The van der Waals surface area contributed by atoms with Crippen molar-refractivity contribution in [2.24, 2.45) is 0 Å². The Hall–Kier alpha value is -0.120. The second-order valence-corrected chi connectivity index (χ2v) is 4.11. The van der Waals surface area contributed by atoms with Gasteiger partial charge in [0.15, 0.2) is 0 Å². The fourth-order valence-electron chi connectivity index (χ4n) is 2.26. The number of nitrogens with zero attached hydrogens (tertiary/aromatic N) is 1. The van der Waals surface area contributed by atoms with Crippen molar-refractivity contribution >= 4 is 0 Å². The van der Waals surface area contributed by atoms with Gasteiger partial charge in [-0.05, 0) is 25.9 Å². The molecule has 2 unspecified atom stereocenters. The third-order valence-electron chi connectivity index (χ3n) is 3.12. The molecule has 2 saturated heterocycles. The molecule has 0 bridgehead atoms. The van der Waals surface area contributed by atoms with Gasteiger partial charge in [0, 0.05) is 25.2 Å². The van der Waals surface area contributed by atoms with Crippen molar-refractivity contribution in [1.29, 1.82) is 0 Å². The van der Waals surface area contributed by atoms with Crippen LogP contribution in [-0.2, 0) is 4.74 Å². The number of nitrogens with one attached hydrogen (secondary N) is 1. The molecular weight excluding hydrogens is 164 g/mol. The third kappa shape index (κ3) is 2.42. The van der Waals surface area contributed by atoms with Gasteiger partial charge < -0.3 is 15.0 Å². The molecule has 1 N–H and O–H groups in total. The highest BCUT2D eigenvalue weighted by molar-refractivity contribution is 4.84. The Labute approximate surface area is 80.4 Å². The first-order chi connectivity index (χ1) is 6.38. The molecule has 0 aliphatic carbocycles. The predicted octanol–water partition coefficient (Wildman–Crippen LogP) is 0.459. The van der Waals surface area contributed by atoms with E-state index in [1.807, 2.05) is 0 Å². The fraction of sp³-hybridized carbons (Fsp3) is 1.00. The summed E-state index contributed by atoms with van der Waals surface area (Å²) in [5.74, 6) is 0. The van der Waals surface area contributed by atoms with Crippen LogP contribution < -0.4 is 5.32 Å². The summed E-state index contributed by atoms with van der Waals surface area (Å²) < 4.78 is 5.34. The van der Waals surface area contributed by atoms with E-state index in [9.17, 15) is 0 Å². The highest BCUT2D eigenvalue weighted by Gasteiger charge is 2.25. The molecule has 0 saturated carbocycles. The summed E-state index contributed by atoms with van der Waals surface area (Å²) in [5, 5.41) is 3.68. The summed E-state index contributed by atoms with van der Waals surface area (Å²) in [5.41, 5.74) is 0. The lowest BCUT2D eigenvalue weighted by molar-refractivity contribution is 0.187. The van der Waals surface area contributed by atoms with Gasteiger partial charge in [-0.3, -0.25) is 0 Å². The van der Waals surface area contributed by atoms with E-state index in [1.54, 1.807) is 0 Å². The predicted molar refractivity (Wildman–Crippen MR) is 52.9 cm³/mol. The maximum atomic E-state index is 5.34. The second kappa shape index (κ2) is 4.40. The number of likely N-dealkylation sites (tertiary alicyclic amines) is 1. The molecule has 0 aromatic rings. The number of rotatable bonds is 3. The summed E-state index contributed by atoms with van der Waals surface area (Å²) in [7, 11) is 0. The molecule has 0 amide bonds. The summed E-state index contributed by atoms with van der Waals surface area (Å²) >= 11 is 0. The van der Waals surface area contributed by atoms with E-state index < -0.39 is 0 Å². The smallest absolute Gasteiger partial charge is 0.0620 e. The van der Waals surface area contributed by atoms with Gasteiger partial charge >= 0.3 is 0 Å². The first kappa shape index (κ1) is 9.44. The van der Waals surface area contributed by atoms with Crippen LogP contribution in [0.25, 0.3) is 0 Å². The number of hydrogen-bond acceptors (Lipinski definition) is 3. The molecule has 2 rings (SSSR count). The van der Waals surface area contributed by atoms with Crippen LogP contribution in [0.15, 0.2) is 0 Å². The summed E-state index contributed by atoms with van der Waals surface area (Å²) in [4.78, 5) is 2.51. The lowest BCUT2D eigenvalue weighted by Gasteiger charge is -2.18. The first-order valence-electron chi connectivity index (χ1n) is 5.44. The Morgan fingerprint density at radius 3 is 2.92 bits per heavy atom. The maximum absolute atomic E-state index is 5.34. The van der Waals surface area contributed by atoms with Gasteiger partial charge in [0.25, 0.3) is 0 Å². The van der Waals surface area contributed by atoms with E-state index in [2.05, 4.69) is 17.1 Å². The van der Waals surface area contributed by atoms with Gasteiger partial charge in [-0.1, -0.05) is 6.92 Å². The van der Waals surface area contributed by atoms with E-state index in [0.29, 0.717) is 12.1 Å². The van der Waals surface area contributed by atoms with Crippen molar-refractivity contribution in [3.63, 3.8) is 0 Å². The minimum atomic E-state index is 0.627. The maximum Gasteiger partial charge on any atom is 0.0620 e. The molecule has 0 spiro atoms. The van der Waals surface area contributed by atoms with Crippen LogP contribution in [0.3, 0.4) is 0 Å². The second-order valence-electron chi connectivity index (χ2n) is 4.11. The van der Waals surface area contributed by atoms with Crippen LogP contribution in [0.4, 0.5) is 0 Å². The Morgan fingerprint density at radius 1 is 1.38 bits per heavy atom. The molecule has 3 nitrogen and oxygen atoms in total. The molecule has 13 heavy (non-hydrogen) atoms. The zero-order valence-electron chi connectivity index (χ0n) is 8.46. The van der Waals surface area contributed by atoms with Crippen molar-refractivity contribution < 1.29 is 4.74 Å². The first-order valence-corrected chi connectivity index (χ1v) is 5.44. The van der Waals surface area contributed by atoms with Crippen molar-refractivity contribution in [3.05, 3.63) is 0 Å². The third-order valence-corrected chi connectivity index (χ3v) is 3.12. The molecule has 0 aromatic carbocycles. The lowest BCUT2D eigenvalue weighted by Crippen LogP contribution is -2.40. The van der Waals surface area contributed by atoms with E-state index in [4.69, 9.17) is 4.74 Å². The molecule has 0 aromatic heterocycles. The fourth-order valence-corrected chi connectivity index (χ4v) is 2.26. The number of ether oxygens (including phenoxy) is 1. The Balaban J connectivity index is 1.70. The van der Waals surface area contributed by atoms with E-state index in [1.165, 1.54) is 32.5 Å². The van der Waals surface area contributed by atoms with Crippen LogP contribution in [0, 0.1) is 0 Å². The Kier molecular flexibility index (Phi) is 3.19.